The lowest BCUT2D eigenvalue weighted by Gasteiger charge is -2.34. The zero-order valence-electron chi connectivity index (χ0n) is 15.9. The number of amides is 1. The minimum atomic E-state index is -5.15. The lowest BCUT2D eigenvalue weighted by molar-refractivity contribution is -0.143. The van der Waals surface area contributed by atoms with Crippen LogP contribution in [0.3, 0.4) is 0 Å². The van der Waals surface area contributed by atoms with Crippen molar-refractivity contribution in [3.63, 3.8) is 0 Å². The van der Waals surface area contributed by atoms with Crippen molar-refractivity contribution in [2.45, 2.75) is 30.1 Å². The van der Waals surface area contributed by atoms with E-state index in [1.807, 2.05) is 0 Å². The third-order valence-electron chi connectivity index (χ3n) is 4.53. The average molecular weight is 462 g/mol. The van der Waals surface area contributed by atoms with Gasteiger partial charge in [-0.15, -0.1) is 0 Å². The van der Waals surface area contributed by atoms with Crippen LogP contribution < -0.4 is 0 Å². The molecule has 1 amide bonds. The number of nitrogens with zero attached hydrogens (tertiary/aromatic N) is 2. The molecule has 13 heteroatoms. The molecule has 0 saturated carbocycles. The Balaban J connectivity index is 2.23. The summed E-state index contributed by atoms with van der Waals surface area (Å²) < 4.78 is 109. The second kappa shape index (κ2) is 9.10. The van der Waals surface area contributed by atoms with Crippen LogP contribution in [0.2, 0.25) is 0 Å². The van der Waals surface area contributed by atoms with Crippen molar-refractivity contribution >= 4 is 15.9 Å². The third-order valence-corrected chi connectivity index (χ3v) is 6.41. The molecule has 0 bridgehead atoms. The number of carbonyl (C=O) groups is 1. The SMILES string of the molecule is COCCCC(=O)N1CCN(S(=O)(=O)c2cc(C(F)(F)F)cc(C(F)(F)F)c2)CC1. The van der Waals surface area contributed by atoms with Crippen LogP contribution in [0.25, 0.3) is 0 Å². The smallest absolute Gasteiger partial charge is 0.385 e. The van der Waals surface area contributed by atoms with Gasteiger partial charge in [-0.3, -0.25) is 4.79 Å². The number of sulfonamides is 1. The first-order valence-electron chi connectivity index (χ1n) is 8.83. The number of piperazine rings is 1. The lowest BCUT2D eigenvalue weighted by atomic mass is 10.1. The van der Waals surface area contributed by atoms with E-state index < -0.39 is 38.4 Å². The van der Waals surface area contributed by atoms with Gasteiger partial charge in [0, 0.05) is 46.3 Å². The fourth-order valence-electron chi connectivity index (χ4n) is 2.93. The van der Waals surface area contributed by atoms with Crippen LogP contribution in [-0.2, 0) is 31.9 Å². The van der Waals surface area contributed by atoms with Crippen LogP contribution in [0.1, 0.15) is 24.0 Å². The van der Waals surface area contributed by atoms with Crippen molar-refractivity contribution in [3.05, 3.63) is 29.3 Å². The Bertz CT molecular complexity index is 830. The summed E-state index contributed by atoms with van der Waals surface area (Å²) in [6.07, 6.45) is -9.65. The maximum Gasteiger partial charge on any atom is 0.416 e. The molecule has 0 N–H and O–H groups in total. The molecule has 1 aliphatic rings. The van der Waals surface area contributed by atoms with Crippen LogP contribution in [-0.4, -0.2) is 63.4 Å². The number of rotatable bonds is 6. The first kappa shape index (κ1) is 24.4. The normalized spacial score (nSPS) is 16.7. The van der Waals surface area contributed by atoms with Gasteiger partial charge in [0.2, 0.25) is 15.9 Å². The quantitative estimate of drug-likeness (QED) is 0.482. The molecule has 0 aliphatic carbocycles. The number of hydrogen-bond acceptors (Lipinski definition) is 4. The molecular formula is C17H20F6N2O4S. The van der Waals surface area contributed by atoms with E-state index in [4.69, 9.17) is 4.74 Å². The van der Waals surface area contributed by atoms with E-state index >= 15 is 0 Å². The summed E-state index contributed by atoms with van der Waals surface area (Å²) in [6, 6.07) is 0.245. The minimum Gasteiger partial charge on any atom is -0.385 e. The molecule has 0 atom stereocenters. The topological polar surface area (TPSA) is 66.9 Å². The molecule has 2 rings (SSSR count). The van der Waals surface area contributed by atoms with Gasteiger partial charge in [-0.1, -0.05) is 0 Å². The summed E-state index contributed by atoms with van der Waals surface area (Å²) in [6.45, 7) is -0.144. The van der Waals surface area contributed by atoms with E-state index in [2.05, 4.69) is 0 Å². The van der Waals surface area contributed by atoms with E-state index in [9.17, 15) is 39.6 Å². The molecular weight excluding hydrogens is 442 g/mol. The number of ether oxygens (including phenoxy) is 1. The number of methoxy groups -OCH3 is 1. The van der Waals surface area contributed by atoms with E-state index in [1.165, 1.54) is 12.0 Å². The first-order valence-corrected chi connectivity index (χ1v) is 10.3. The number of carbonyl (C=O) groups excluding carboxylic acids is 1. The van der Waals surface area contributed by atoms with E-state index in [0.717, 1.165) is 4.31 Å². The van der Waals surface area contributed by atoms with Gasteiger partial charge in [-0.25, -0.2) is 8.42 Å². The van der Waals surface area contributed by atoms with Gasteiger partial charge in [-0.05, 0) is 24.6 Å². The van der Waals surface area contributed by atoms with E-state index in [-0.39, 0.29) is 56.7 Å². The molecule has 6 nitrogen and oxygen atoms in total. The number of hydrogen-bond donors (Lipinski definition) is 0. The highest BCUT2D eigenvalue weighted by molar-refractivity contribution is 7.89. The van der Waals surface area contributed by atoms with E-state index in [0.29, 0.717) is 13.0 Å². The minimum absolute atomic E-state index is 0.0177. The molecule has 1 aromatic carbocycles. The van der Waals surface area contributed by atoms with Crippen molar-refractivity contribution in [1.29, 1.82) is 0 Å². The highest BCUT2D eigenvalue weighted by Gasteiger charge is 2.39. The van der Waals surface area contributed by atoms with Gasteiger partial charge in [0.05, 0.1) is 16.0 Å². The Morgan fingerprint density at radius 2 is 1.47 bits per heavy atom. The summed E-state index contributed by atoms with van der Waals surface area (Å²) in [5, 5.41) is 0. The van der Waals surface area contributed by atoms with Gasteiger partial charge in [0.1, 0.15) is 0 Å². The molecule has 1 heterocycles. The molecule has 0 aromatic heterocycles. The largest absolute Gasteiger partial charge is 0.416 e. The second-order valence-corrected chi connectivity index (χ2v) is 8.56. The van der Waals surface area contributed by atoms with Crippen molar-refractivity contribution in [2.24, 2.45) is 0 Å². The van der Waals surface area contributed by atoms with Gasteiger partial charge in [-0.2, -0.15) is 30.6 Å². The fourth-order valence-corrected chi connectivity index (χ4v) is 4.42. The van der Waals surface area contributed by atoms with Crippen LogP contribution in [0.15, 0.2) is 23.1 Å². The van der Waals surface area contributed by atoms with Gasteiger partial charge in [0.15, 0.2) is 0 Å². The maximum atomic E-state index is 13.0. The van der Waals surface area contributed by atoms with Gasteiger partial charge < -0.3 is 9.64 Å². The Hall–Kier alpha value is -1.86. The van der Waals surface area contributed by atoms with Gasteiger partial charge >= 0.3 is 12.4 Å². The molecule has 30 heavy (non-hydrogen) atoms. The molecule has 1 saturated heterocycles. The van der Waals surface area contributed by atoms with Crippen molar-refractivity contribution in [3.8, 4) is 0 Å². The molecule has 0 unspecified atom stereocenters. The predicted molar refractivity (Wildman–Crippen MR) is 92.9 cm³/mol. The van der Waals surface area contributed by atoms with Crippen molar-refractivity contribution in [1.82, 2.24) is 9.21 Å². The zero-order valence-corrected chi connectivity index (χ0v) is 16.7. The molecule has 1 fully saturated rings. The molecule has 0 spiro atoms. The number of benzene rings is 1. The van der Waals surface area contributed by atoms with Gasteiger partial charge in [0.25, 0.3) is 0 Å². The first-order chi connectivity index (χ1) is 13.8. The summed E-state index contributed by atoms with van der Waals surface area (Å²) in [5.41, 5.74) is -3.41. The van der Waals surface area contributed by atoms with Crippen molar-refractivity contribution in [2.75, 3.05) is 39.9 Å². The molecule has 1 aromatic rings. The standard InChI is InChI=1S/C17H20F6N2O4S/c1-29-8-2-3-15(26)24-4-6-25(7-5-24)30(27,28)14-10-12(16(18,19)20)9-13(11-14)17(21,22)23/h9-11H,2-8H2,1H3. The maximum absolute atomic E-state index is 13.0. The molecule has 0 radical (unpaired) electrons. The fraction of sp³-hybridized carbons (Fsp3) is 0.588. The summed E-state index contributed by atoms with van der Waals surface area (Å²) in [7, 11) is -3.14. The predicted octanol–water partition coefficient (Wildman–Crippen LogP) is 2.98. The second-order valence-electron chi connectivity index (χ2n) is 6.62. The average Bonchev–Trinajstić information content (AvgIpc) is 2.66. The van der Waals surface area contributed by atoms with Crippen LogP contribution in [0.5, 0.6) is 0 Å². The Morgan fingerprint density at radius 3 is 1.90 bits per heavy atom. The third kappa shape index (κ3) is 5.85. The van der Waals surface area contributed by atoms with Crippen molar-refractivity contribution < 1.29 is 44.3 Å². The summed E-state index contributed by atoms with van der Waals surface area (Å²) in [4.78, 5) is 12.4. The number of halogens is 6. The molecule has 1 aliphatic heterocycles. The Morgan fingerprint density at radius 1 is 0.967 bits per heavy atom. The Kier molecular flexibility index (Phi) is 7.41. The lowest BCUT2D eigenvalue weighted by Crippen LogP contribution is -2.50. The molecule has 170 valence electrons. The Labute approximate surface area is 169 Å². The highest BCUT2D eigenvalue weighted by atomic mass is 32.2. The van der Waals surface area contributed by atoms with Crippen LogP contribution in [0, 0.1) is 0 Å². The van der Waals surface area contributed by atoms with E-state index in [1.54, 1.807) is 0 Å². The summed E-state index contributed by atoms with van der Waals surface area (Å²) in [5.74, 6) is -0.234. The zero-order chi connectivity index (χ0) is 22.7. The highest BCUT2D eigenvalue weighted by Crippen LogP contribution is 2.37. The van der Waals surface area contributed by atoms with Crippen LogP contribution in [0.4, 0.5) is 26.3 Å². The monoisotopic (exact) mass is 462 g/mol. The number of alkyl halides is 6. The van der Waals surface area contributed by atoms with Crippen LogP contribution >= 0.6 is 0 Å². The summed E-state index contributed by atoms with van der Waals surface area (Å²) >= 11 is 0.